The van der Waals surface area contributed by atoms with E-state index < -0.39 is 0 Å². The quantitative estimate of drug-likeness (QED) is 0.685. The van der Waals surface area contributed by atoms with Crippen LogP contribution in [-0.2, 0) is 13.1 Å². The van der Waals surface area contributed by atoms with Crippen LogP contribution < -0.4 is 4.90 Å². The summed E-state index contributed by atoms with van der Waals surface area (Å²) >= 11 is 0. The highest BCUT2D eigenvalue weighted by Gasteiger charge is 2.26. The van der Waals surface area contributed by atoms with Crippen LogP contribution in [0.2, 0.25) is 0 Å². The number of aromatic nitrogens is 8. The molecule has 1 aliphatic heterocycles. The summed E-state index contributed by atoms with van der Waals surface area (Å²) in [5, 5.41) is 21.6. The van der Waals surface area contributed by atoms with E-state index in [4.69, 9.17) is 0 Å². The Balaban J connectivity index is 1.45. The fourth-order valence-electron chi connectivity index (χ4n) is 3.50. The fraction of sp³-hybridized carbons (Fsp3) is 0.529. The van der Waals surface area contributed by atoms with Crippen LogP contribution in [0.15, 0.2) is 24.8 Å². The molecule has 1 saturated heterocycles. The summed E-state index contributed by atoms with van der Waals surface area (Å²) in [6, 6.07) is 4.06. The second-order valence-corrected chi connectivity index (χ2v) is 6.61. The van der Waals surface area contributed by atoms with E-state index in [9.17, 15) is 0 Å². The zero-order valence-electron chi connectivity index (χ0n) is 15.2. The second-order valence-electron chi connectivity index (χ2n) is 6.61. The van der Waals surface area contributed by atoms with E-state index in [1.807, 2.05) is 19.1 Å². The van der Waals surface area contributed by atoms with Crippen molar-refractivity contribution in [3.05, 3.63) is 42.1 Å². The number of rotatable bonds is 5. The van der Waals surface area contributed by atoms with Crippen LogP contribution in [0, 0.1) is 6.92 Å². The first-order chi connectivity index (χ1) is 12.7. The molecule has 1 aliphatic rings. The minimum Gasteiger partial charge on any atom is -0.355 e. The summed E-state index contributed by atoms with van der Waals surface area (Å²) in [7, 11) is 0. The monoisotopic (exact) mass is 353 g/mol. The van der Waals surface area contributed by atoms with Crippen LogP contribution in [0.1, 0.15) is 43.0 Å². The van der Waals surface area contributed by atoms with Crippen LogP contribution in [0.3, 0.4) is 0 Å². The molecule has 3 aromatic heterocycles. The molecule has 0 spiro atoms. The van der Waals surface area contributed by atoms with Crippen LogP contribution in [0.4, 0.5) is 5.82 Å². The van der Waals surface area contributed by atoms with Gasteiger partial charge in [-0.25, -0.2) is 9.67 Å². The Bertz CT molecular complexity index is 830. The predicted molar refractivity (Wildman–Crippen MR) is 95.8 cm³/mol. The molecule has 0 saturated carbocycles. The average Bonchev–Trinajstić information content (AvgIpc) is 3.32. The summed E-state index contributed by atoms with van der Waals surface area (Å²) < 4.78 is 3.99. The van der Waals surface area contributed by atoms with Crippen molar-refractivity contribution in [1.82, 2.24) is 39.7 Å². The van der Waals surface area contributed by atoms with Gasteiger partial charge in [0.05, 0.1) is 5.69 Å². The van der Waals surface area contributed by atoms with Crippen molar-refractivity contribution >= 4 is 5.82 Å². The summed E-state index contributed by atoms with van der Waals surface area (Å²) in [6.45, 7) is 7.45. The number of anilines is 1. The zero-order valence-corrected chi connectivity index (χ0v) is 15.2. The van der Waals surface area contributed by atoms with E-state index in [-0.39, 0.29) is 0 Å². The van der Waals surface area contributed by atoms with Crippen LogP contribution >= 0.6 is 0 Å². The maximum atomic E-state index is 4.51. The molecule has 9 nitrogen and oxygen atoms in total. The molecular weight excluding hydrogens is 330 g/mol. The molecule has 4 rings (SSSR count). The Hall–Kier alpha value is -2.84. The van der Waals surface area contributed by atoms with Crippen molar-refractivity contribution in [1.29, 1.82) is 0 Å². The Morgan fingerprint density at radius 1 is 1.08 bits per heavy atom. The van der Waals surface area contributed by atoms with Gasteiger partial charge in [0.25, 0.3) is 0 Å². The summed E-state index contributed by atoms with van der Waals surface area (Å²) in [6.07, 6.45) is 5.32. The molecule has 9 heteroatoms. The summed E-state index contributed by atoms with van der Waals surface area (Å²) in [5.41, 5.74) is 0.944. The Morgan fingerprint density at radius 2 is 1.92 bits per heavy atom. The third-order valence-electron chi connectivity index (χ3n) is 4.91. The van der Waals surface area contributed by atoms with E-state index >= 15 is 0 Å². The second kappa shape index (κ2) is 7.19. The van der Waals surface area contributed by atoms with E-state index in [1.54, 1.807) is 11.0 Å². The van der Waals surface area contributed by atoms with Gasteiger partial charge in [0.15, 0.2) is 11.6 Å². The van der Waals surface area contributed by atoms with Crippen molar-refractivity contribution in [3.63, 3.8) is 0 Å². The lowest BCUT2D eigenvalue weighted by Gasteiger charge is -2.32. The van der Waals surface area contributed by atoms with Crippen molar-refractivity contribution in [2.24, 2.45) is 0 Å². The van der Waals surface area contributed by atoms with Crippen LogP contribution in [0.5, 0.6) is 0 Å². The lowest BCUT2D eigenvalue weighted by Crippen LogP contribution is -2.34. The molecule has 26 heavy (non-hydrogen) atoms. The molecule has 0 N–H and O–H groups in total. The molecule has 0 aromatic carbocycles. The molecule has 0 aliphatic carbocycles. The molecule has 0 unspecified atom stereocenters. The van der Waals surface area contributed by atoms with E-state index in [0.717, 1.165) is 55.6 Å². The fourth-order valence-corrected chi connectivity index (χ4v) is 3.50. The molecule has 0 atom stereocenters. The van der Waals surface area contributed by atoms with E-state index in [1.165, 1.54) is 6.33 Å². The van der Waals surface area contributed by atoms with Gasteiger partial charge in [-0.15, -0.1) is 15.3 Å². The summed E-state index contributed by atoms with van der Waals surface area (Å²) in [5.74, 6) is 3.39. The topological polar surface area (TPSA) is 90.4 Å². The van der Waals surface area contributed by atoms with Gasteiger partial charge >= 0.3 is 0 Å². The Labute approximate surface area is 152 Å². The van der Waals surface area contributed by atoms with Gasteiger partial charge in [0.1, 0.15) is 25.0 Å². The van der Waals surface area contributed by atoms with Gasteiger partial charge in [0, 0.05) is 25.6 Å². The molecule has 0 bridgehead atoms. The van der Waals surface area contributed by atoms with Gasteiger partial charge in [-0.3, -0.25) is 0 Å². The first-order valence-corrected chi connectivity index (χ1v) is 9.04. The highest BCUT2D eigenvalue weighted by atomic mass is 15.4. The van der Waals surface area contributed by atoms with E-state index in [0.29, 0.717) is 12.5 Å². The third-order valence-corrected chi connectivity index (χ3v) is 4.91. The molecule has 3 aromatic rings. The largest absolute Gasteiger partial charge is 0.355 e. The lowest BCUT2D eigenvalue weighted by molar-refractivity contribution is 0.460. The molecule has 0 amide bonds. The standard InChI is InChI=1S/C17H23N9/c1-3-26-16(10-25-12-18-11-19-25)22-23-17(26)14-6-8-24(9-7-14)15-5-4-13(2)20-21-15/h4-5,11-12,14H,3,6-10H2,1-2H3. The zero-order chi connectivity index (χ0) is 17.9. The molecule has 0 radical (unpaired) electrons. The van der Waals surface area contributed by atoms with Gasteiger partial charge in [-0.2, -0.15) is 10.2 Å². The molecular formula is C17H23N9. The SMILES string of the molecule is CCn1c(Cn2cncn2)nnc1C1CCN(c2ccc(C)nn2)CC1. The van der Waals surface area contributed by atoms with Gasteiger partial charge < -0.3 is 9.47 Å². The number of hydrogen-bond acceptors (Lipinski definition) is 7. The van der Waals surface area contributed by atoms with Gasteiger partial charge in [-0.05, 0) is 38.8 Å². The first kappa shape index (κ1) is 16.6. The predicted octanol–water partition coefficient (Wildman–Crippen LogP) is 1.42. The maximum Gasteiger partial charge on any atom is 0.154 e. The summed E-state index contributed by atoms with van der Waals surface area (Å²) in [4.78, 5) is 6.29. The van der Waals surface area contributed by atoms with Crippen LogP contribution in [0.25, 0.3) is 0 Å². The minimum absolute atomic E-state index is 0.418. The first-order valence-electron chi connectivity index (χ1n) is 9.04. The average molecular weight is 353 g/mol. The third kappa shape index (κ3) is 3.29. The number of aryl methyl sites for hydroxylation is 1. The smallest absolute Gasteiger partial charge is 0.154 e. The molecule has 4 heterocycles. The number of hydrogen-bond donors (Lipinski definition) is 0. The van der Waals surface area contributed by atoms with Gasteiger partial charge in [0.2, 0.25) is 0 Å². The highest BCUT2D eigenvalue weighted by Crippen LogP contribution is 2.29. The van der Waals surface area contributed by atoms with Gasteiger partial charge in [-0.1, -0.05) is 0 Å². The normalized spacial score (nSPS) is 15.5. The highest BCUT2D eigenvalue weighted by molar-refractivity contribution is 5.38. The number of piperidine rings is 1. The number of nitrogens with zero attached hydrogens (tertiary/aromatic N) is 9. The van der Waals surface area contributed by atoms with Crippen LogP contribution in [-0.4, -0.2) is 52.8 Å². The Kier molecular flexibility index (Phi) is 4.59. The Morgan fingerprint density at radius 3 is 2.58 bits per heavy atom. The van der Waals surface area contributed by atoms with Crippen molar-refractivity contribution in [2.75, 3.05) is 18.0 Å². The maximum absolute atomic E-state index is 4.51. The van der Waals surface area contributed by atoms with Crippen molar-refractivity contribution in [3.8, 4) is 0 Å². The van der Waals surface area contributed by atoms with Crippen molar-refractivity contribution in [2.45, 2.75) is 45.7 Å². The minimum atomic E-state index is 0.418. The molecule has 1 fully saturated rings. The molecule has 136 valence electrons. The van der Waals surface area contributed by atoms with E-state index in [2.05, 4.69) is 46.9 Å². The lowest BCUT2D eigenvalue weighted by atomic mass is 9.96. The van der Waals surface area contributed by atoms with Crippen molar-refractivity contribution < 1.29 is 0 Å².